The molecule has 0 saturated heterocycles. The second-order valence-corrected chi connectivity index (χ2v) is 4.63. The molecule has 0 saturated carbocycles. The highest BCUT2D eigenvalue weighted by Crippen LogP contribution is 2.07. The average Bonchev–Trinajstić information content (AvgIpc) is 1.98. The fraction of sp³-hybridized carbons (Fsp3) is 0.727. The Morgan fingerprint density at radius 3 is 2.19 bits per heavy atom. The number of carbonyl (C=O) groups is 2. The summed E-state index contributed by atoms with van der Waals surface area (Å²) in [5.41, 5.74) is 0.0590. The van der Waals surface area contributed by atoms with Crippen LogP contribution in [0.3, 0.4) is 0 Å². The number of nitrogens with zero attached hydrogens (tertiary/aromatic N) is 1. The normalized spacial score (nSPS) is 12.4. The quantitative estimate of drug-likeness (QED) is 0.741. The Kier molecular flexibility index (Phi) is 5.88. The maximum absolute atomic E-state index is 11.3. The van der Waals surface area contributed by atoms with Gasteiger partial charge in [-0.3, -0.25) is 4.79 Å². The van der Waals surface area contributed by atoms with Gasteiger partial charge >= 0.3 is 6.09 Å². The lowest BCUT2D eigenvalue weighted by atomic mass is 10.2. The summed E-state index contributed by atoms with van der Waals surface area (Å²) in [5.74, 6) is 0.0464. The molecular weight excluding hydrogens is 208 g/mol. The Hall–Kier alpha value is -1.23. The second kappa shape index (κ2) is 6.37. The average molecular weight is 228 g/mol. The van der Waals surface area contributed by atoms with E-state index in [0.717, 1.165) is 0 Å². The SMILES string of the molecule is CC(=O)CNC/C(C)=N/C(=O)OC(C)(C)C. The van der Waals surface area contributed by atoms with Crippen LogP contribution in [-0.2, 0) is 9.53 Å². The number of ether oxygens (including phenoxy) is 1. The van der Waals surface area contributed by atoms with Gasteiger partial charge in [0.15, 0.2) is 0 Å². The van der Waals surface area contributed by atoms with E-state index in [2.05, 4.69) is 10.3 Å². The van der Waals surface area contributed by atoms with Gasteiger partial charge in [0, 0.05) is 12.3 Å². The van der Waals surface area contributed by atoms with Crippen molar-refractivity contribution in [3.63, 3.8) is 0 Å². The van der Waals surface area contributed by atoms with Gasteiger partial charge in [-0.25, -0.2) is 4.79 Å². The number of nitrogens with one attached hydrogen (secondary N) is 1. The molecule has 1 N–H and O–H groups in total. The van der Waals surface area contributed by atoms with Crippen molar-refractivity contribution in [3.05, 3.63) is 0 Å². The number of carbonyl (C=O) groups excluding carboxylic acids is 2. The minimum absolute atomic E-state index is 0.0464. The van der Waals surface area contributed by atoms with Crippen LogP contribution in [0.15, 0.2) is 4.99 Å². The molecule has 0 heterocycles. The van der Waals surface area contributed by atoms with E-state index in [4.69, 9.17) is 4.74 Å². The van der Waals surface area contributed by atoms with Crippen molar-refractivity contribution >= 4 is 17.6 Å². The van der Waals surface area contributed by atoms with Crippen LogP contribution in [0.1, 0.15) is 34.6 Å². The highest BCUT2D eigenvalue weighted by Gasteiger charge is 2.15. The van der Waals surface area contributed by atoms with Gasteiger partial charge < -0.3 is 10.1 Å². The van der Waals surface area contributed by atoms with Crippen molar-refractivity contribution in [3.8, 4) is 0 Å². The van der Waals surface area contributed by atoms with Crippen molar-refractivity contribution in [1.29, 1.82) is 0 Å². The molecule has 0 aromatic rings. The standard InChI is InChI=1S/C11H20N2O3/c1-8(6-12-7-9(2)14)13-10(15)16-11(3,4)5/h12H,6-7H2,1-5H3/b13-8+. The van der Waals surface area contributed by atoms with Gasteiger partial charge in [-0.2, -0.15) is 4.99 Å². The molecule has 0 bridgehead atoms. The summed E-state index contributed by atoms with van der Waals surface area (Å²) in [6, 6.07) is 0. The van der Waals surface area contributed by atoms with Crippen LogP contribution in [0.5, 0.6) is 0 Å². The van der Waals surface area contributed by atoms with Gasteiger partial charge in [0.25, 0.3) is 0 Å². The Morgan fingerprint density at radius 2 is 1.75 bits per heavy atom. The predicted molar refractivity (Wildman–Crippen MR) is 62.9 cm³/mol. The lowest BCUT2D eigenvalue weighted by Gasteiger charge is -2.17. The first-order chi connectivity index (χ1) is 7.20. The molecule has 0 rings (SSSR count). The molecule has 16 heavy (non-hydrogen) atoms. The van der Waals surface area contributed by atoms with Gasteiger partial charge in [0.1, 0.15) is 11.4 Å². The van der Waals surface area contributed by atoms with Crippen molar-refractivity contribution < 1.29 is 14.3 Å². The number of hydrogen-bond acceptors (Lipinski definition) is 4. The zero-order valence-corrected chi connectivity index (χ0v) is 10.6. The highest BCUT2D eigenvalue weighted by molar-refractivity contribution is 5.93. The first-order valence-electron chi connectivity index (χ1n) is 5.18. The van der Waals surface area contributed by atoms with E-state index in [0.29, 0.717) is 12.3 Å². The van der Waals surface area contributed by atoms with Crippen molar-refractivity contribution in [2.75, 3.05) is 13.1 Å². The van der Waals surface area contributed by atoms with Gasteiger partial charge in [-0.05, 0) is 34.6 Å². The number of rotatable bonds is 4. The second-order valence-electron chi connectivity index (χ2n) is 4.63. The van der Waals surface area contributed by atoms with Crippen LogP contribution in [-0.4, -0.2) is 36.3 Å². The first-order valence-corrected chi connectivity index (χ1v) is 5.18. The van der Waals surface area contributed by atoms with Crippen molar-refractivity contribution in [1.82, 2.24) is 5.32 Å². The van der Waals surface area contributed by atoms with Gasteiger partial charge in [-0.1, -0.05) is 0 Å². The molecule has 0 atom stereocenters. The maximum Gasteiger partial charge on any atom is 0.434 e. The van der Waals surface area contributed by atoms with Crippen LogP contribution in [0.25, 0.3) is 0 Å². The van der Waals surface area contributed by atoms with E-state index >= 15 is 0 Å². The summed E-state index contributed by atoms with van der Waals surface area (Å²) in [4.78, 5) is 25.6. The van der Waals surface area contributed by atoms with Crippen molar-refractivity contribution in [2.24, 2.45) is 4.99 Å². The third-order valence-corrected chi connectivity index (χ3v) is 1.43. The summed E-state index contributed by atoms with van der Waals surface area (Å²) in [6.07, 6.45) is -0.602. The van der Waals surface area contributed by atoms with E-state index in [1.165, 1.54) is 6.92 Å². The third kappa shape index (κ3) is 9.33. The predicted octanol–water partition coefficient (Wildman–Crippen LogP) is 1.56. The Balaban J connectivity index is 4.02. The maximum atomic E-state index is 11.3. The molecule has 0 aromatic carbocycles. The van der Waals surface area contributed by atoms with Gasteiger partial charge in [0.2, 0.25) is 0 Å². The van der Waals surface area contributed by atoms with E-state index < -0.39 is 11.7 Å². The molecule has 0 fully saturated rings. The summed E-state index contributed by atoms with van der Waals surface area (Å²) < 4.78 is 5.01. The fourth-order valence-corrected chi connectivity index (χ4v) is 0.900. The number of aliphatic imine (C=N–C) groups is 1. The summed E-state index contributed by atoms with van der Waals surface area (Å²) >= 11 is 0. The highest BCUT2D eigenvalue weighted by atomic mass is 16.6. The largest absolute Gasteiger partial charge is 0.442 e. The zero-order valence-electron chi connectivity index (χ0n) is 10.6. The van der Waals surface area contributed by atoms with Crippen molar-refractivity contribution in [2.45, 2.75) is 40.2 Å². The molecular formula is C11H20N2O3. The van der Waals surface area contributed by atoms with E-state index in [9.17, 15) is 9.59 Å². The number of Topliss-reactive ketones (excluding diaryl/α,β-unsaturated/α-hetero) is 1. The zero-order chi connectivity index (χ0) is 12.8. The Labute approximate surface area is 96.3 Å². The lowest BCUT2D eigenvalue weighted by molar-refractivity contribution is -0.116. The molecule has 0 radical (unpaired) electrons. The Bertz CT molecular complexity index is 290. The van der Waals surface area contributed by atoms with Gasteiger partial charge in [0.05, 0.1) is 6.54 Å². The minimum atomic E-state index is -0.602. The molecule has 0 unspecified atom stereocenters. The lowest BCUT2D eigenvalue weighted by Crippen LogP contribution is -2.27. The van der Waals surface area contributed by atoms with E-state index in [1.807, 2.05) is 0 Å². The number of ketones is 1. The third-order valence-electron chi connectivity index (χ3n) is 1.43. The molecule has 1 amide bonds. The number of amides is 1. The molecule has 5 nitrogen and oxygen atoms in total. The van der Waals surface area contributed by atoms with Crippen LogP contribution in [0.4, 0.5) is 4.79 Å². The van der Waals surface area contributed by atoms with Crippen LogP contribution < -0.4 is 5.32 Å². The first kappa shape index (κ1) is 14.8. The molecule has 5 heteroatoms. The minimum Gasteiger partial charge on any atom is -0.442 e. The molecule has 0 aromatic heterocycles. The molecule has 0 aliphatic rings. The summed E-state index contributed by atoms with van der Waals surface area (Å²) in [7, 11) is 0. The van der Waals surface area contributed by atoms with E-state index in [-0.39, 0.29) is 12.3 Å². The topological polar surface area (TPSA) is 67.8 Å². The van der Waals surface area contributed by atoms with Gasteiger partial charge in [-0.15, -0.1) is 0 Å². The van der Waals surface area contributed by atoms with E-state index in [1.54, 1.807) is 27.7 Å². The van der Waals surface area contributed by atoms with Crippen LogP contribution >= 0.6 is 0 Å². The molecule has 0 aliphatic heterocycles. The fourth-order valence-electron chi connectivity index (χ4n) is 0.900. The molecule has 0 aliphatic carbocycles. The number of hydrogen-bond donors (Lipinski definition) is 1. The summed E-state index contributed by atoms with van der Waals surface area (Å²) in [5, 5.41) is 2.86. The molecule has 92 valence electrons. The van der Waals surface area contributed by atoms with Crippen LogP contribution in [0.2, 0.25) is 0 Å². The summed E-state index contributed by atoms with van der Waals surface area (Å²) in [6.45, 7) is 9.22. The smallest absolute Gasteiger partial charge is 0.434 e. The monoisotopic (exact) mass is 228 g/mol. The Morgan fingerprint density at radius 1 is 1.19 bits per heavy atom. The molecule has 0 spiro atoms. The van der Waals surface area contributed by atoms with Crippen LogP contribution in [0, 0.1) is 0 Å².